The van der Waals surface area contributed by atoms with Gasteiger partial charge in [-0.15, -0.1) is 11.3 Å². The minimum atomic E-state index is 0.125. The van der Waals surface area contributed by atoms with E-state index in [1.54, 1.807) is 0 Å². The number of hydrogen-bond donors (Lipinski definition) is 2. The number of benzene rings is 6. The standard InChI is InChI=1S/C37H25N3OS/c38-37-34(28-19-9-11-21-31(28)41-37)35(24-13-3-1-4-14-24)39-40(26-16-5-2-6-17-26)30-23-25-15-7-8-18-27(25)36-33(30)29-20-10-12-22-32(29)42-36/h1-23,38-39H/b35-34-,38-37?. The highest BCUT2D eigenvalue weighted by Gasteiger charge is 2.29. The van der Waals surface area contributed by atoms with E-state index in [2.05, 4.69) is 101 Å². The maximum Gasteiger partial charge on any atom is 0.222 e. The first-order chi connectivity index (χ1) is 20.8. The molecule has 200 valence electrons. The summed E-state index contributed by atoms with van der Waals surface area (Å²) in [5.74, 6) is 0.816. The molecule has 4 nitrogen and oxygen atoms in total. The maximum absolute atomic E-state index is 8.91. The minimum Gasteiger partial charge on any atom is -0.438 e. The molecule has 0 aliphatic carbocycles. The first-order valence-electron chi connectivity index (χ1n) is 13.9. The van der Waals surface area contributed by atoms with Crippen LogP contribution in [0.4, 0.5) is 11.4 Å². The number of para-hydroxylation sites is 2. The fourth-order valence-corrected chi connectivity index (χ4v) is 7.09. The van der Waals surface area contributed by atoms with Gasteiger partial charge in [0.25, 0.3) is 0 Å². The van der Waals surface area contributed by atoms with Crippen molar-refractivity contribution in [2.75, 3.05) is 5.01 Å². The Morgan fingerprint density at radius 3 is 2.19 bits per heavy atom. The second-order valence-electron chi connectivity index (χ2n) is 10.2. The zero-order valence-electron chi connectivity index (χ0n) is 22.5. The minimum absolute atomic E-state index is 0.125. The first-order valence-corrected chi connectivity index (χ1v) is 14.7. The average Bonchev–Trinajstić information content (AvgIpc) is 3.60. The zero-order chi connectivity index (χ0) is 28.0. The van der Waals surface area contributed by atoms with E-state index in [1.807, 2.05) is 59.9 Å². The van der Waals surface area contributed by atoms with E-state index in [0.29, 0.717) is 5.75 Å². The summed E-state index contributed by atoms with van der Waals surface area (Å²) >= 11 is 1.83. The average molecular weight is 560 g/mol. The molecule has 0 bridgehead atoms. The van der Waals surface area contributed by atoms with Gasteiger partial charge >= 0.3 is 0 Å². The number of ether oxygens (including phenoxy) is 1. The highest BCUT2D eigenvalue weighted by molar-refractivity contribution is 7.26. The molecular weight excluding hydrogens is 534 g/mol. The van der Waals surface area contributed by atoms with Gasteiger partial charge in [-0.3, -0.25) is 15.8 Å². The van der Waals surface area contributed by atoms with Gasteiger partial charge in [0.05, 0.1) is 22.6 Å². The van der Waals surface area contributed by atoms with E-state index in [1.165, 1.54) is 30.9 Å². The Bertz CT molecular complexity index is 2170. The molecule has 0 spiro atoms. The van der Waals surface area contributed by atoms with Crippen LogP contribution in [0.1, 0.15) is 11.1 Å². The van der Waals surface area contributed by atoms with Crippen molar-refractivity contribution in [3.05, 3.63) is 151 Å². The molecule has 1 aliphatic heterocycles. The Morgan fingerprint density at radius 2 is 1.36 bits per heavy atom. The monoisotopic (exact) mass is 559 g/mol. The lowest BCUT2D eigenvalue weighted by Gasteiger charge is -2.30. The molecule has 1 aromatic heterocycles. The van der Waals surface area contributed by atoms with Gasteiger partial charge in [0.1, 0.15) is 5.75 Å². The number of anilines is 2. The number of hydrazine groups is 1. The van der Waals surface area contributed by atoms with Gasteiger partial charge in [-0.05, 0) is 41.1 Å². The van der Waals surface area contributed by atoms with Crippen molar-refractivity contribution in [3.63, 3.8) is 0 Å². The predicted octanol–water partition coefficient (Wildman–Crippen LogP) is 9.79. The van der Waals surface area contributed by atoms with Gasteiger partial charge in [0.15, 0.2) is 0 Å². The number of nitrogens with zero attached hydrogens (tertiary/aromatic N) is 1. The number of hydrogen-bond acceptors (Lipinski definition) is 5. The molecule has 0 fully saturated rings. The quantitative estimate of drug-likeness (QED) is 0.206. The van der Waals surface area contributed by atoms with Gasteiger partial charge in [-0.1, -0.05) is 109 Å². The van der Waals surface area contributed by atoms with Crippen LogP contribution in [-0.2, 0) is 0 Å². The van der Waals surface area contributed by atoms with Crippen molar-refractivity contribution in [3.8, 4) is 5.75 Å². The smallest absolute Gasteiger partial charge is 0.222 e. The normalized spacial score (nSPS) is 13.8. The summed E-state index contributed by atoms with van der Waals surface area (Å²) in [4.78, 5) is 0. The van der Waals surface area contributed by atoms with Gasteiger partial charge in [-0.2, -0.15) is 0 Å². The molecule has 0 saturated carbocycles. The van der Waals surface area contributed by atoms with Crippen molar-refractivity contribution < 1.29 is 4.74 Å². The van der Waals surface area contributed by atoms with E-state index in [0.717, 1.165) is 33.8 Å². The summed E-state index contributed by atoms with van der Waals surface area (Å²) in [6.45, 7) is 0. The summed E-state index contributed by atoms with van der Waals surface area (Å²) < 4.78 is 8.46. The Kier molecular flexibility index (Phi) is 5.76. The van der Waals surface area contributed by atoms with E-state index in [9.17, 15) is 0 Å². The lowest BCUT2D eigenvalue weighted by molar-refractivity contribution is 0.566. The molecule has 0 unspecified atom stereocenters. The molecule has 0 saturated heterocycles. The third kappa shape index (κ3) is 3.94. The molecule has 8 rings (SSSR count). The second kappa shape index (κ2) is 9.91. The van der Waals surface area contributed by atoms with Gasteiger partial charge in [-0.25, -0.2) is 0 Å². The first kappa shape index (κ1) is 24.4. The van der Waals surface area contributed by atoms with Crippen LogP contribution >= 0.6 is 11.3 Å². The molecule has 1 aliphatic rings. The zero-order valence-corrected chi connectivity index (χ0v) is 23.4. The molecule has 2 heterocycles. The van der Waals surface area contributed by atoms with Crippen molar-refractivity contribution in [1.82, 2.24) is 5.43 Å². The highest BCUT2D eigenvalue weighted by atomic mass is 32.1. The molecule has 7 aromatic rings. The summed E-state index contributed by atoms with van der Waals surface area (Å²) in [5.41, 5.74) is 9.24. The van der Waals surface area contributed by atoms with Crippen LogP contribution in [0.2, 0.25) is 0 Å². The van der Waals surface area contributed by atoms with Gasteiger partial charge in [0, 0.05) is 31.3 Å². The Morgan fingerprint density at radius 1 is 0.690 bits per heavy atom. The van der Waals surface area contributed by atoms with Crippen LogP contribution in [0.3, 0.4) is 0 Å². The summed E-state index contributed by atoms with van der Waals surface area (Å²) in [6.07, 6.45) is 0. The van der Waals surface area contributed by atoms with Gasteiger partial charge < -0.3 is 4.74 Å². The predicted molar refractivity (Wildman–Crippen MR) is 177 cm³/mol. The number of nitrogens with one attached hydrogen (secondary N) is 2. The van der Waals surface area contributed by atoms with Crippen LogP contribution in [-0.4, -0.2) is 5.90 Å². The number of thiophene rings is 1. The fraction of sp³-hybridized carbons (Fsp3) is 0. The van der Waals surface area contributed by atoms with Crippen LogP contribution in [0.5, 0.6) is 5.75 Å². The van der Waals surface area contributed by atoms with E-state index >= 15 is 0 Å². The molecular formula is C37H25N3OS. The second-order valence-corrected chi connectivity index (χ2v) is 11.3. The summed E-state index contributed by atoms with van der Waals surface area (Å²) in [7, 11) is 0. The van der Waals surface area contributed by atoms with E-state index in [-0.39, 0.29) is 5.90 Å². The van der Waals surface area contributed by atoms with Crippen molar-refractivity contribution in [2.45, 2.75) is 0 Å². The lowest BCUT2D eigenvalue weighted by Crippen LogP contribution is -2.33. The summed E-state index contributed by atoms with van der Waals surface area (Å²) in [5, 5.41) is 15.9. The van der Waals surface area contributed by atoms with E-state index in [4.69, 9.17) is 10.1 Å². The van der Waals surface area contributed by atoms with Crippen molar-refractivity contribution in [2.24, 2.45) is 0 Å². The highest BCUT2D eigenvalue weighted by Crippen LogP contribution is 2.46. The number of fused-ring (bicyclic) bond motifs is 6. The maximum atomic E-state index is 8.91. The Hall–Kier alpha value is -5.39. The lowest BCUT2D eigenvalue weighted by atomic mass is 10.00. The number of rotatable bonds is 5. The van der Waals surface area contributed by atoms with Crippen LogP contribution in [0.25, 0.3) is 42.2 Å². The third-order valence-corrected chi connectivity index (χ3v) is 8.94. The molecule has 2 N–H and O–H groups in total. The van der Waals surface area contributed by atoms with Crippen molar-refractivity contribution in [1.29, 1.82) is 5.41 Å². The van der Waals surface area contributed by atoms with E-state index < -0.39 is 0 Å². The molecule has 0 radical (unpaired) electrons. The van der Waals surface area contributed by atoms with Crippen molar-refractivity contribution >= 4 is 70.8 Å². The SMILES string of the molecule is N=C1Oc2ccccc2/C1=C(/NN(c1ccccc1)c1cc2ccccc2c2sc3ccccc3c12)c1ccccc1. The molecule has 5 heteroatoms. The summed E-state index contributed by atoms with van der Waals surface area (Å²) in [6, 6.07) is 47.9. The molecule has 42 heavy (non-hydrogen) atoms. The molecule has 0 amide bonds. The fourth-order valence-electron chi connectivity index (χ4n) is 5.83. The Balaban J connectivity index is 1.44. The third-order valence-electron chi connectivity index (χ3n) is 7.74. The topological polar surface area (TPSA) is 48.4 Å². The molecule has 6 aromatic carbocycles. The molecule has 0 atom stereocenters. The van der Waals surface area contributed by atoms with Crippen LogP contribution in [0, 0.1) is 5.41 Å². The van der Waals surface area contributed by atoms with Crippen LogP contribution < -0.4 is 15.2 Å². The van der Waals surface area contributed by atoms with Crippen LogP contribution in [0.15, 0.2) is 140 Å². The van der Waals surface area contributed by atoms with Gasteiger partial charge in [0.2, 0.25) is 5.90 Å². The Labute approximate surface area is 247 Å². The largest absolute Gasteiger partial charge is 0.438 e.